The van der Waals surface area contributed by atoms with Crippen LogP contribution < -0.4 is 16.0 Å². The van der Waals surface area contributed by atoms with E-state index in [1.54, 1.807) is 29.6 Å². The van der Waals surface area contributed by atoms with Crippen molar-refractivity contribution in [3.8, 4) is 11.3 Å². The first-order valence-electron chi connectivity index (χ1n) is 8.68. The van der Waals surface area contributed by atoms with Crippen molar-refractivity contribution in [2.45, 2.75) is 6.92 Å². The lowest BCUT2D eigenvalue weighted by molar-refractivity contribution is -0.115. The molecule has 10 heteroatoms. The molecule has 3 rings (SSSR count). The molecule has 3 aromatic rings. The number of halogens is 2. The fraction of sp³-hybridized carbons (Fsp3) is 0.100. The second kappa shape index (κ2) is 9.23. The molecule has 0 bridgehead atoms. The normalized spacial score (nSPS) is 10.4. The highest BCUT2D eigenvalue weighted by Gasteiger charge is 2.12. The molecule has 0 unspecified atom stereocenters. The lowest BCUT2D eigenvalue weighted by Gasteiger charge is -2.05. The van der Waals surface area contributed by atoms with Gasteiger partial charge in [-0.15, -0.1) is 11.3 Å². The molecule has 0 radical (unpaired) electrons. The van der Waals surface area contributed by atoms with Gasteiger partial charge in [-0.2, -0.15) is 0 Å². The van der Waals surface area contributed by atoms with Crippen LogP contribution in [-0.2, 0) is 9.59 Å². The van der Waals surface area contributed by atoms with Crippen LogP contribution in [0.15, 0.2) is 47.8 Å². The summed E-state index contributed by atoms with van der Waals surface area (Å²) in [6.07, 6.45) is 0. The minimum atomic E-state index is -0.884. The molecule has 7 nitrogen and oxygen atoms in total. The zero-order valence-electron chi connectivity index (χ0n) is 15.7. The van der Waals surface area contributed by atoms with E-state index < -0.39 is 30.0 Å². The number of benzene rings is 2. The number of carbonyl (C=O) groups excluding carboxylic acids is 3. The van der Waals surface area contributed by atoms with E-state index in [9.17, 15) is 23.2 Å². The van der Waals surface area contributed by atoms with Crippen LogP contribution in [0.3, 0.4) is 0 Å². The molecule has 0 fully saturated rings. The number of hydrogen-bond acceptors (Lipinski definition) is 5. The van der Waals surface area contributed by atoms with Gasteiger partial charge < -0.3 is 16.0 Å². The molecule has 0 atom stereocenters. The van der Waals surface area contributed by atoms with Gasteiger partial charge in [0.25, 0.3) is 5.91 Å². The number of hydrogen-bond donors (Lipinski definition) is 3. The first-order chi connectivity index (χ1) is 14.3. The van der Waals surface area contributed by atoms with E-state index in [1.165, 1.54) is 18.3 Å². The van der Waals surface area contributed by atoms with Gasteiger partial charge in [-0.1, -0.05) is 12.1 Å². The molecular formula is C20H16F2N4O3S. The third-order valence-electron chi connectivity index (χ3n) is 3.79. The van der Waals surface area contributed by atoms with E-state index in [2.05, 4.69) is 20.9 Å². The van der Waals surface area contributed by atoms with Crippen molar-refractivity contribution >= 4 is 39.9 Å². The van der Waals surface area contributed by atoms with Crippen molar-refractivity contribution in [2.75, 3.05) is 17.2 Å². The number of anilines is 2. The van der Waals surface area contributed by atoms with Gasteiger partial charge in [0, 0.05) is 35.2 Å². The van der Waals surface area contributed by atoms with Crippen molar-refractivity contribution in [2.24, 2.45) is 0 Å². The van der Waals surface area contributed by atoms with Gasteiger partial charge in [0.2, 0.25) is 11.8 Å². The van der Waals surface area contributed by atoms with Crippen LogP contribution in [0.5, 0.6) is 0 Å². The summed E-state index contributed by atoms with van der Waals surface area (Å²) < 4.78 is 26.3. The van der Waals surface area contributed by atoms with Crippen LogP contribution in [0, 0.1) is 11.6 Å². The third-order valence-corrected chi connectivity index (χ3v) is 4.54. The molecule has 2 aromatic carbocycles. The molecule has 0 aliphatic rings. The maximum Gasteiger partial charge on any atom is 0.251 e. The number of rotatable bonds is 6. The number of amides is 3. The highest BCUT2D eigenvalue weighted by Crippen LogP contribution is 2.26. The highest BCUT2D eigenvalue weighted by atomic mass is 32.1. The van der Waals surface area contributed by atoms with E-state index in [1.807, 2.05) is 0 Å². The Balaban J connectivity index is 1.55. The number of nitrogens with zero attached hydrogens (tertiary/aromatic N) is 1. The number of aromatic nitrogens is 1. The molecule has 1 aromatic heterocycles. The maximum atomic E-state index is 13.2. The molecule has 1 heterocycles. The summed E-state index contributed by atoms with van der Waals surface area (Å²) in [5.74, 6) is -3.25. The zero-order valence-corrected chi connectivity index (χ0v) is 16.5. The fourth-order valence-electron chi connectivity index (χ4n) is 2.50. The van der Waals surface area contributed by atoms with Crippen molar-refractivity contribution in [1.29, 1.82) is 0 Å². The minimum absolute atomic E-state index is 0.170. The second-order valence-electron chi connectivity index (χ2n) is 6.19. The largest absolute Gasteiger partial charge is 0.343 e. The van der Waals surface area contributed by atoms with Crippen LogP contribution in [-0.4, -0.2) is 29.3 Å². The predicted octanol–water partition coefficient (Wildman–Crippen LogP) is 3.42. The summed E-state index contributed by atoms with van der Waals surface area (Å²) in [7, 11) is 0. The van der Waals surface area contributed by atoms with Gasteiger partial charge in [0.05, 0.1) is 12.2 Å². The van der Waals surface area contributed by atoms with E-state index in [0.717, 1.165) is 17.7 Å². The number of nitrogens with one attached hydrogen (secondary N) is 3. The third kappa shape index (κ3) is 5.67. The maximum absolute atomic E-state index is 13.2. The minimum Gasteiger partial charge on any atom is -0.343 e. The van der Waals surface area contributed by atoms with Crippen LogP contribution in [0.4, 0.5) is 19.6 Å². The number of carbonyl (C=O) groups is 3. The molecule has 3 N–H and O–H groups in total. The summed E-state index contributed by atoms with van der Waals surface area (Å²) in [5.41, 5.74) is 1.86. The number of thiazole rings is 1. The highest BCUT2D eigenvalue weighted by molar-refractivity contribution is 7.14. The Morgan fingerprint density at radius 1 is 1.00 bits per heavy atom. The van der Waals surface area contributed by atoms with Crippen molar-refractivity contribution in [1.82, 2.24) is 10.3 Å². The Bertz CT molecular complexity index is 1080. The average Bonchev–Trinajstić information content (AvgIpc) is 3.14. The van der Waals surface area contributed by atoms with Crippen LogP contribution in [0.2, 0.25) is 0 Å². The quantitative estimate of drug-likeness (QED) is 0.558. The molecule has 0 aliphatic carbocycles. The Morgan fingerprint density at radius 3 is 2.30 bits per heavy atom. The Labute approximate surface area is 174 Å². The Morgan fingerprint density at radius 2 is 1.67 bits per heavy atom. The smallest absolute Gasteiger partial charge is 0.251 e. The van der Waals surface area contributed by atoms with Crippen molar-refractivity contribution in [3.63, 3.8) is 0 Å². The lowest BCUT2D eigenvalue weighted by Crippen LogP contribution is -2.32. The summed E-state index contributed by atoms with van der Waals surface area (Å²) >= 11 is 1.20. The van der Waals surface area contributed by atoms with Gasteiger partial charge in [-0.05, 0) is 24.3 Å². The van der Waals surface area contributed by atoms with Gasteiger partial charge in [-0.3, -0.25) is 14.4 Å². The van der Waals surface area contributed by atoms with Crippen molar-refractivity contribution < 1.29 is 23.2 Å². The Kier molecular flexibility index (Phi) is 6.48. The summed E-state index contributed by atoms with van der Waals surface area (Å²) in [6.45, 7) is 1.03. The summed E-state index contributed by atoms with van der Waals surface area (Å²) in [5, 5.41) is 9.58. The molecule has 0 saturated carbocycles. The lowest BCUT2D eigenvalue weighted by atomic mass is 10.1. The molecule has 154 valence electrons. The topological polar surface area (TPSA) is 100 Å². The van der Waals surface area contributed by atoms with Gasteiger partial charge in [0.1, 0.15) is 11.6 Å². The predicted molar refractivity (Wildman–Crippen MR) is 109 cm³/mol. The molecule has 0 aliphatic heterocycles. The molecule has 30 heavy (non-hydrogen) atoms. The van der Waals surface area contributed by atoms with Crippen LogP contribution in [0.1, 0.15) is 17.3 Å². The SMILES string of the molecule is CC(=O)Nc1ccc(-c2csc(NC(=O)CNC(=O)c3cc(F)cc(F)c3)n2)cc1. The van der Waals surface area contributed by atoms with Gasteiger partial charge in [0.15, 0.2) is 5.13 Å². The molecule has 0 spiro atoms. The van der Waals surface area contributed by atoms with Crippen molar-refractivity contribution in [3.05, 3.63) is 65.0 Å². The first kappa shape index (κ1) is 21.1. The molecule has 0 saturated heterocycles. The first-order valence-corrected chi connectivity index (χ1v) is 9.56. The van der Waals surface area contributed by atoms with Gasteiger partial charge >= 0.3 is 0 Å². The standard InChI is InChI=1S/C20H16F2N4O3S/c1-11(27)24-16-4-2-12(3-5-16)17-10-30-20(25-17)26-18(28)9-23-19(29)13-6-14(21)8-15(22)7-13/h2-8,10H,9H2,1H3,(H,23,29)(H,24,27)(H,25,26,28). The van der Waals surface area contributed by atoms with E-state index >= 15 is 0 Å². The zero-order chi connectivity index (χ0) is 21.7. The van der Waals surface area contributed by atoms with E-state index in [4.69, 9.17) is 0 Å². The molecular weight excluding hydrogens is 414 g/mol. The summed E-state index contributed by atoms with van der Waals surface area (Å²) in [6, 6.07) is 9.44. The molecule has 3 amide bonds. The average molecular weight is 430 g/mol. The fourth-order valence-corrected chi connectivity index (χ4v) is 3.24. The Hall–Kier alpha value is -3.66. The monoisotopic (exact) mass is 430 g/mol. The van der Waals surface area contributed by atoms with E-state index in [-0.39, 0.29) is 11.5 Å². The van der Waals surface area contributed by atoms with Gasteiger partial charge in [-0.25, -0.2) is 13.8 Å². The van der Waals surface area contributed by atoms with Crippen LogP contribution >= 0.6 is 11.3 Å². The van der Waals surface area contributed by atoms with E-state index in [0.29, 0.717) is 22.6 Å². The summed E-state index contributed by atoms with van der Waals surface area (Å²) in [4.78, 5) is 39.3. The van der Waals surface area contributed by atoms with Crippen LogP contribution in [0.25, 0.3) is 11.3 Å². The second-order valence-corrected chi connectivity index (χ2v) is 7.04.